The molecule has 0 bridgehead atoms. The maximum Gasteiger partial charge on any atom is 0.368 e. The van der Waals surface area contributed by atoms with Crippen molar-refractivity contribution in [3.63, 3.8) is 0 Å². The zero-order chi connectivity index (χ0) is 13.8. The van der Waals surface area contributed by atoms with Crippen molar-refractivity contribution in [1.82, 2.24) is 15.4 Å². The van der Waals surface area contributed by atoms with Gasteiger partial charge in [-0.05, 0) is 17.7 Å². The number of benzene rings is 1. The van der Waals surface area contributed by atoms with E-state index in [-0.39, 0.29) is 12.1 Å². The number of halogens is 2. The van der Waals surface area contributed by atoms with Crippen LogP contribution in [0.1, 0.15) is 16.1 Å². The van der Waals surface area contributed by atoms with Gasteiger partial charge in [0.1, 0.15) is 0 Å². The van der Waals surface area contributed by atoms with Crippen LogP contribution in [0.5, 0.6) is 0 Å². The monoisotopic (exact) mass is 299 g/mol. The number of carbonyl (C=O) groups is 2. The van der Waals surface area contributed by atoms with Gasteiger partial charge in [-0.2, -0.15) is 10.3 Å². The summed E-state index contributed by atoms with van der Waals surface area (Å²) in [5, 5.41) is 9.97. The van der Waals surface area contributed by atoms with E-state index in [4.69, 9.17) is 23.2 Å². The number of esters is 2. The number of nitrogens with zero attached hydrogens (tertiary/aromatic N) is 2. The molecule has 1 heterocycles. The van der Waals surface area contributed by atoms with E-state index in [0.717, 1.165) is 6.20 Å². The molecule has 0 spiro atoms. The average molecular weight is 300 g/mol. The summed E-state index contributed by atoms with van der Waals surface area (Å²) in [6, 6.07) is 4.69. The molecular formula is C11H7Cl2N3O3. The summed E-state index contributed by atoms with van der Waals surface area (Å²) < 4.78 is 4.59. The smallest absolute Gasteiger partial charge is 0.368 e. The Balaban J connectivity index is 2.00. The van der Waals surface area contributed by atoms with E-state index in [0.29, 0.717) is 15.6 Å². The first-order valence-electron chi connectivity index (χ1n) is 5.11. The van der Waals surface area contributed by atoms with Gasteiger partial charge in [-0.1, -0.05) is 29.3 Å². The Hall–Kier alpha value is -1.92. The van der Waals surface area contributed by atoms with Crippen LogP contribution in [-0.4, -0.2) is 27.3 Å². The van der Waals surface area contributed by atoms with E-state index in [1.54, 1.807) is 12.1 Å². The van der Waals surface area contributed by atoms with E-state index in [1.165, 1.54) is 6.07 Å². The number of hydrogen-bond donors (Lipinski definition) is 1. The number of aromatic nitrogens is 3. The highest BCUT2D eigenvalue weighted by Crippen LogP contribution is 2.21. The topological polar surface area (TPSA) is 84.9 Å². The van der Waals surface area contributed by atoms with E-state index in [2.05, 4.69) is 20.1 Å². The van der Waals surface area contributed by atoms with Crippen LogP contribution in [0.2, 0.25) is 10.0 Å². The fourth-order valence-electron chi connectivity index (χ4n) is 1.31. The molecule has 0 saturated heterocycles. The Kier molecular flexibility index (Phi) is 4.13. The summed E-state index contributed by atoms with van der Waals surface area (Å²) in [5.41, 5.74) is 0.444. The third kappa shape index (κ3) is 3.52. The molecular weight excluding hydrogens is 293 g/mol. The highest BCUT2D eigenvalue weighted by Gasteiger charge is 2.16. The van der Waals surface area contributed by atoms with Crippen LogP contribution in [0.4, 0.5) is 0 Å². The minimum absolute atomic E-state index is 0.0736. The predicted octanol–water partition coefficient (Wildman–Crippen LogP) is 2.04. The standard InChI is InChI=1S/C11H7Cl2N3O3/c12-7-2-1-6(8(13)4-7)3-10(17)19-11(18)9-5-14-16-15-9/h1-2,4-5H,3H2,(H,14,15,16). The molecule has 19 heavy (non-hydrogen) atoms. The number of rotatable bonds is 3. The van der Waals surface area contributed by atoms with Crippen molar-refractivity contribution in [2.45, 2.75) is 6.42 Å². The van der Waals surface area contributed by atoms with Crippen LogP contribution in [-0.2, 0) is 16.0 Å². The number of H-pyrrole nitrogens is 1. The maximum atomic E-state index is 11.6. The number of nitrogens with one attached hydrogen (secondary N) is 1. The van der Waals surface area contributed by atoms with Gasteiger partial charge in [-0.3, -0.25) is 4.79 Å². The van der Waals surface area contributed by atoms with Gasteiger partial charge in [0, 0.05) is 10.0 Å². The molecule has 1 N–H and O–H groups in total. The minimum atomic E-state index is -0.871. The highest BCUT2D eigenvalue weighted by atomic mass is 35.5. The zero-order valence-corrected chi connectivity index (χ0v) is 10.9. The fourth-order valence-corrected chi connectivity index (χ4v) is 1.79. The van der Waals surface area contributed by atoms with Crippen molar-refractivity contribution in [3.8, 4) is 0 Å². The highest BCUT2D eigenvalue weighted by molar-refractivity contribution is 6.35. The van der Waals surface area contributed by atoms with Crippen molar-refractivity contribution >= 4 is 35.1 Å². The number of carbonyl (C=O) groups excluding carboxylic acids is 2. The zero-order valence-electron chi connectivity index (χ0n) is 9.39. The summed E-state index contributed by atoms with van der Waals surface area (Å²) in [6.07, 6.45) is 1.02. The molecule has 0 unspecified atom stereocenters. The van der Waals surface area contributed by atoms with E-state index < -0.39 is 11.9 Å². The van der Waals surface area contributed by atoms with Crippen LogP contribution in [0, 0.1) is 0 Å². The van der Waals surface area contributed by atoms with Gasteiger partial charge in [0.15, 0.2) is 5.69 Å². The van der Waals surface area contributed by atoms with Crippen LogP contribution in [0.3, 0.4) is 0 Å². The largest absolute Gasteiger partial charge is 0.388 e. The second-order valence-corrected chi connectivity index (χ2v) is 4.37. The van der Waals surface area contributed by atoms with Gasteiger partial charge in [0.2, 0.25) is 0 Å². The van der Waals surface area contributed by atoms with Crippen molar-refractivity contribution in [2.24, 2.45) is 0 Å². The molecule has 1 aromatic carbocycles. The summed E-state index contributed by atoms with van der Waals surface area (Å²) >= 11 is 11.6. The van der Waals surface area contributed by atoms with Crippen LogP contribution in [0.25, 0.3) is 0 Å². The molecule has 0 atom stereocenters. The molecule has 2 rings (SSSR count). The van der Waals surface area contributed by atoms with E-state index in [9.17, 15) is 9.59 Å². The van der Waals surface area contributed by atoms with E-state index >= 15 is 0 Å². The SMILES string of the molecule is O=C(Cc1ccc(Cl)cc1Cl)OC(=O)c1cn[nH]n1. The Morgan fingerprint density at radius 1 is 1.32 bits per heavy atom. The second kappa shape index (κ2) is 5.81. The molecule has 0 saturated carbocycles. The molecule has 0 amide bonds. The predicted molar refractivity (Wildman–Crippen MR) is 67.0 cm³/mol. The summed E-state index contributed by atoms with van der Waals surface area (Å²) in [6.45, 7) is 0. The van der Waals surface area contributed by atoms with Gasteiger partial charge in [0.25, 0.3) is 0 Å². The van der Waals surface area contributed by atoms with Crippen LogP contribution < -0.4 is 0 Å². The minimum Gasteiger partial charge on any atom is -0.388 e. The second-order valence-electron chi connectivity index (χ2n) is 3.53. The van der Waals surface area contributed by atoms with Crippen molar-refractivity contribution < 1.29 is 14.3 Å². The molecule has 98 valence electrons. The Morgan fingerprint density at radius 3 is 2.74 bits per heavy atom. The van der Waals surface area contributed by atoms with Crippen LogP contribution >= 0.6 is 23.2 Å². The number of ether oxygens (including phenoxy) is 1. The normalized spacial score (nSPS) is 10.2. The lowest BCUT2D eigenvalue weighted by atomic mass is 10.1. The average Bonchev–Trinajstić information content (AvgIpc) is 2.86. The van der Waals surface area contributed by atoms with Gasteiger partial charge in [0.05, 0.1) is 12.6 Å². The molecule has 1 aromatic heterocycles. The van der Waals surface area contributed by atoms with Crippen molar-refractivity contribution in [1.29, 1.82) is 0 Å². The quantitative estimate of drug-likeness (QED) is 0.692. The van der Waals surface area contributed by atoms with Crippen molar-refractivity contribution in [3.05, 3.63) is 45.7 Å². The summed E-state index contributed by atoms with van der Waals surface area (Å²) in [5.74, 6) is -1.61. The summed E-state index contributed by atoms with van der Waals surface area (Å²) in [7, 11) is 0. The maximum absolute atomic E-state index is 11.6. The van der Waals surface area contributed by atoms with Gasteiger partial charge >= 0.3 is 11.9 Å². The van der Waals surface area contributed by atoms with Gasteiger partial charge in [-0.15, -0.1) is 5.10 Å². The molecule has 0 aliphatic heterocycles. The Labute approximate surface area is 117 Å². The third-order valence-electron chi connectivity index (χ3n) is 2.18. The molecule has 0 aliphatic rings. The summed E-state index contributed by atoms with van der Waals surface area (Å²) in [4.78, 5) is 23.0. The number of aromatic amines is 1. The molecule has 0 fully saturated rings. The first-order valence-corrected chi connectivity index (χ1v) is 5.86. The lowest BCUT2D eigenvalue weighted by molar-refractivity contribution is -0.137. The van der Waals surface area contributed by atoms with E-state index in [1.807, 2.05) is 0 Å². The van der Waals surface area contributed by atoms with Crippen molar-refractivity contribution in [2.75, 3.05) is 0 Å². The fraction of sp³-hybridized carbons (Fsp3) is 0.0909. The Morgan fingerprint density at radius 2 is 2.11 bits per heavy atom. The first kappa shape index (κ1) is 13.5. The molecule has 0 radical (unpaired) electrons. The van der Waals surface area contributed by atoms with Crippen LogP contribution in [0.15, 0.2) is 24.4 Å². The molecule has 2 aromatic rings. The third-order valence-corrected chi connectivity index (χ3v) is 2.77. The number of hydrogen-bond acceptors (Lipinski definition) is 5. The lowest BCUT2D eigenvalue weighted by Crippen LogP contribution is -2.15. The molecule has 6 nitrogen and oxygen atoms in total. The lowest BCUT2D eigenvalue weighted by Gasteiger charge is -2.04. The van der Waals surface area contributed by atoms with Gasteiger partial charge < -0.3 is 4.74 Å². The Bertz CT molecular complexity index is 614. The van der Waals surface area contributed by atoms with Gasteiger partial charge in [-0.25, -0.2) is 4.79 Å². The molecule has 0 aliphatic carbocycles. The first-order chi connectivity index (χ1) is 9.06. The molecule has 8 heteroatoms.